The van der Waals surface area contributed by atoms with Crippen LogP contribution >= 0.6 is 0 Å². The summed E-state index contributed by atoms with van der Waals surface area (Å²) in [5, 5.41) is 5.69. The van der Waals surface area contributed by atoms with Crippen LogP contribution in [0.3, 0.4) is 0 Å². The highest BCUT2D eigenvalue weighted by Crippen LogP contribution is 2.21. The lowest BCUT2D eigenvalue weighted by Crippen LogP contribution is -2.27. The molecular weight excluding hydrogens is 316 g/mol. The first-order valence-electron chi connectivity index (χ1n) is 8.25. The van der Waals surface area contributed by atoms with E-state index in [2.05, 4.69) is 10.6 Å². The van der Waals surface area contributed by atoms with Crippen molar-refractivity contribution in [3.05, 3.63) is 54.1 Å². The normalized spacial score (nSPS) is 10.9. The van der Waals surface area contributed by atoms with Crippen LogP contribution in [0.25, 0.3) is 0 Å². The zero-order valence-corrected chi connectivity index (χ0v) is 15.1. The standard InChI is InChI=1S/C20H24N2O3/c1-5-25-17-11-6-8-14(12-17)18(23)21-15-9-7-10-16(13-15)22-19(24)20(2,3)4/h6-13H,5H2,1-4H3,(H,21,23)(H,22,24). The summed E-state index contributed by atoms with van der Waals surface area (Å²) in [6.07, 6.45) is 0. The SMILES string of the molecule is CCOc1cccc(C(=O)Nc2cccc(NC(=O)C(C)(C)C)c2)c1. The van der Waals surface area contributed by atoms with Gasteiger partial charge in [0.25, 0.3) is 5.91 Å². The van der Waals surface area contributed by atoms with Gasteiger partial charge >= 0.3 is 0 Å². The van der Waals surface area contributed by atoms with Gasteiger partial charge in [0.15, 0.2) is 0 Å². The van der Waals surface area contributed by atoms with E-state index in [9.17, 15) is 9.59 Å². The molecule has 5 nitrogen and oxygen atoms in total. The van der Waals surface area contributed by atoms with Crippen molar-refractivity contribution < 1.29 is 14.3 Å². The average molecular weight is 340 g/mol. The van der Waals surface area contributed by atoms with Gasteiger partial charge in [-0.25, -0.2) is 0 Å². The lowest BCUT2D eigenvalue weighted by molar-refractivity contribution is -0.123. The van der Waals surface area contributed by atoms with Gasteiger partial charge in [-0.15, -0.1) is 0 Å². The number of carbonyl (C=O) groups is 2. The average Bonchev–Trinajstić information content (AvgIpc) is 2.55. The van der Waals surface area contributed by atoms with E-state index in [1.807, 2.05) is 33.8 Å². The van der Waals surface area contributed by atoms with Crippen molar-refractivity contribution in [3.63, 3.8) is 0 Å². The molecule has 2 amide bonds. The molecule has 0 radical (unpaired) electrons. The summed E-state index contributed by atoms with van der Waals surface area (Å²) in [4.78, 5) is 24.5. The van der Waals surface area contributed by atoms with Crippen LogP contribution in [0.1, 0.15) is 38.1 Å². The molecule has 0 saturated carbocycles. The van der Waals surface area contributed by atoms with Gasteiger partial charge in [-0.2, -0.15) is 0 Å². The third-order valence-electron chi connectivity index (χ3n) is 3.47. The second kappa shape index (κ2) is 7.83. The number of benzene rings is 2. The number of carbonyl (C=O) groups excluding carboxylic acids is 2. The fourth-order valence-electron chi connectivity index (χ4n) is 2.09. The van der Waals surface area contributed by atoms with Crippen molar-refractivity contribution in [3.8, 4) is 5.75 Å². The van der Waals surface area contributed by atoms with Crippen molar-refractivity contribution in [2.24, 2.45) is 5.41 Å². The Kier molecular flexibility index (Phi) is 5.80. The largest absolute Gasteiger partial charge is 0.494 e. The predicted molar refractivity (Wildman–Crippen MR) is 100 cm³/mol. The molecule has 0 spiro atoms. The first-order valence-corrected chi connectivity index (χ1v) is 8.25. The molecule has 0 aromatic heterocycles. The first kappa shape index (κ1) is 18.5. The van der Waals surface area contributed by atoms with Crippen molar-refractivity contribution in [1.82, 2.24) is 0 Å². The maximum Gasteiger partial charge on any atom is 0.255 e. The number of anilines is 2. The number of hydrogen-bond acceptors (Lipinski definition) is 3. The van der Waals surface area contributed by atoms with E-state index in [-0.39, 0.29) is 11.8 Å². The van der Waals surface area contributed by atoms with Crippen LogP contribution in [-0.4, -0.2) is 18.4 Å². The highest BCUT2D eigenvalue weighted by molar-refractivity contribution is 6.05. The number of hydrogen-bond donors (Lipinski definition) is 2. The van der Waals surface area contributed by atoms with Gasteiger partial charge in [0.2, 0.25) is 5.91 Å². The van der Waals surface area contributed by atoms with Crippen molar-refractivity contribution in [1.29, 1.82) is 0 Å². The molecule has 0 fully saturated rings. The second-order valence-electron chi connectivity index (χ2n) is 6.70. The van der Waals surface area contributed by atoms with E-state index < -0.39 is 5.41 Å². The zero-order chi connectivity index (χ0) is 18.4. The molecule has 2 aromatic rings. The van der Waals surface area contributed by atoms with Crippen LogP contribution in [0.2, 0.25) is 0 Å². The van der Waals surface area contributed by atoms with Gasteiger partial charge in [0.1, 0.15) is 5.75 Å². The quantitative estimate of drug-likeness (QED) is 0.851. The smallest absolute Gasteiger partial charge is 0.255 e. The Hall–Kier alpha value is -2.82. The van der Waals surface area contributed by atoms with E-state index in [4.69, 9.17) is 4.74 Å². The summed E-state index contributed by atoms with van der Waals surface area (Å²) >= 11 is 0. The zero-order valence-electron chi connectivity index (χ0n) is 15.1. The molecular formula is C20H24N2O3. The van der Waals surface area contributed by atoms with E-state index in [1.165, 1.54) is 0 Å². The maximum atomic E-state index is 12.4. The maximum absolute atomic E-state index is 12.4. The van der Waals surface area contributed by atoms with E-state index in [0.29, 0.717) is 29.3 Å². The van der Waals surface area contributed by atoms with E-state index in [0.717, 1.165) is 0 Å². The van der Waals surface area contributed by atoms with Gasteiger partial charge in [0, 0.05) is 22.4 Å². The van der Waals surface area contributed by atoms with Crippen molar-refractivity contribution in [2.75, 3.05) is 17.2 Å². The molecule has 2 rings (SSSR count). The summed E-state index contributed by atoms with van der Waals surface area (Å²) in [5.74, 6) is 0.336. The predicted octanol–water partition coefficient (Wildman–Crippen LogP) is 4.32. The second-order valence-corrected chi connectivity index (χ2v) is 6.70. The molecule has 0 atom stereocenters. The van der Waals surface area contributed by atoms with Gasteiger partial charge in [-0.1, -0.05) is 32.9 Å². The number of nitrogens with one attached hydrogen (secondary N) is 2. The van der Waals surface area contributed by atoms with Crippen LogP contribution in [0.4, 0.5) is 11.4 Å². The minimum Gasteiger partial charge on any atom is -0.494 e. The lowest BCUT2D eigenvalue weighted by atomic mass is 9.95. The van der Waals surface area contributed by atoms with E-state index >= 15 is 0 Å². The molecule has 0 bridgehead atoms. The Balaban J connectivity index is 2.10. The van der Waals surface area contributed by atoms with Gasteiger partial charge in [-0.3, -0.25) is 9.59 Å². The van der Waals surface area contributed by atoms with Gasteiger partial charge in [-0.05, 0) is 43.3 Å². The Bertz CT molecular complexity index is 764. The van der Waals surface area contributed by atoms with Crippen molar-refractivity contribution in [2.45, 2.75) is 27.7 Å². The molecule has 5 heteroatoms. The lowest BCUT2D eigenvalue weighted by Gasteiger charge is -2.18. The number of rotatable bonds is 5. The van der Waals surface area contributed by atoms with Crippen LogP contribution in [0.15, 0.2) is 48.5 Å². The van der Waals surface area contributed by atoms with Crippen LogP contribution in [0.5, 0.6) is 5.75 Å². The molecule has 0 aliphatic carbocycles. The van der Waals surface area contributed by atoms with E-state index in [1.54, 1.807) is 42.5 Å². The summed E-state index contributed by atoms with van der Waals surface area (Å²) in [6, 6.07) is 14.1. The van der Waals surface area contributed by atoms with Crippen LogP contribution in [-0.2, 0) is 4.79 Å². The molecule has 0 aliphatic heterocycles. The number of ether oxygens (including phenoxy) is 1. The van der Waals surface area contributed by atoms with Gasteiger partial charge < -0.3 is 15.4 Å². The fourth-order valence-corrected chi connectivity index (χ4v) is 2.09. The van der Waals surface area contributed by atoms with Crippen molar-refractivity contribution >= 4 is 23.2 Å². The molecule has 0 heterocycles. The molecule has 132 valence electrons. The number of amides is 2. The Morgan fingerprint density at radius 2 is 1.60 bits per heavy atom. The third kappa shape index (κ3) is 5.35. The topological polar surface area (TPSA) is 67.4 Å². The summed E-state index contributed by atoms with van der Waals surface area (Å²) < 4.78 is 5.41. The Morgan fingerprint density at radius 3 is 2.24 bits per heavy atom. The Labute approximate surface area is 148 Å². The third-order valence-corrected chi connectivity index (χ3v) is 3.47. The minimum absolute atomic E-state index is 0.0830. The van der Waals surface area contributed by atoms with Gasteiger partial charge in [0.05, 0.1) is 6.61 Å². The summed E-state index contributed by atoms with van der Waals surface area (Å²) in [7, 11) is 0. The molecule has 0 saturated heterocycles. The summed E-state index contributed by atoms with van der Waals surface area (Å²) in [5.41, 5.74) is 1.27. The molecule has 25 heavy (non-hydrogen) atoms. The molecule has 2 N–H and O–H groups in total. The highest BCUT2D eigenvalue weighted by atomic mass is 16.5. The minimum atomic E-state index is -0.487. The van der Waals surface area contributed by atoms with Crippen LogP contribution < -0.4 is 15.4 Å². The Morgan fingerprint density at radius 1 is 0.960 bits per heavy atom. The first-order chi connectivity index (χ1) is 11.8. The molecule has 0 unspecified atom stereocenters. The molecule has 2 aromatic carbocycles. The fraction of sp³-hybridized carbons (Fsp3) is 0.300. The highest BCUT2D eigenvalue weighted by Gasteiger charge is 2.21. The summed E-state index contributed by atoms with van der Waals surface area (Å²) in [6.45, 7) is 7.97. The molecule has 0 aliphatic rings. The monoisotopic (exact) mass is 340 g/mol. The van der Waals surface area contributed by atoms with Crippen LogP contribution in [0, 0.1) is 5.41 Å².